The molecule has 0 radical (unpaired) electrons. The van der Waals surface area contributed by atoms with Crippen molar-refractivity contribution in [1.29, 1.82) is 0 Å². The summed E-state index contributed by atoms with van der Waals surface area (Å²) in [7, 11) is 0.990. The maximum Gasteiger partial charge on any atom is 0.376 e. The smallest absolute Gasteiger partial charge is 0.376 e. The monoisotopic (exact) mass is 481 g/mol. The summed E-state index contributed by atoms with van der Waals surface area (Å²) in [4.78, 5) is 24.7. The molecular weight excluding hydrogens is 452 g/mol. The molecule has 2 aliphatic carbocycles. The number of morpholine rings is 1. The van der Waals surface area contributed by atoms with Crippen LogP contribution in [0.25, 0.3) is 10.2 Å². The van der Waals surface area contributed by atoms with Crippen molar-refractivity contribution in [3.8, 4) is 5.88 Å². The van der Waals surface area contributed by atoms with Crippen LogP contribution in [-0.2, 0) is 20.7 Å². The van der Waals surface area contributed by atoms with Crippen LogP contribution in [0.1, 0.15) is 54.9 Å². The molecule has 0 amide bonds. The first kappa shape index (κ1) is 22.9. The molecule has 180 valence electrons. The molecule has 33 heavy (non-hydrogen) atoms. The first-order valence-electron chi connectivity index (χ1n) is 11.7. The van der Waals surface area contributed by atoms with Crippen LogP contribution in [0.5, 0.6) is 5.88 Å². The Morgan fingerprint density at radius 2 is 1.97 bits per heavy atom. The predicted octanol–water partition coefficient (Wildman–Crippen LogP) is 3.94. The molecule has 0 N–H and O–H groups in total. The van der Waals surface area contributed by atoms with Gasteiger partial charge in [-0.2, -0.15) is 8.78 Å². The largest absolute Gasteiger partial charge is 0.474 e. The highest BCUT2D eigenvalue weighted by molar-refractivity contribution is 7.19. The number of hydrogen-bond acceptors (Lipinski definition) is 8. The van der Waals surface area contributed by atoms with Crippen LogP contribution in [0.2, 0.25) is 0 Å². The van der Waals surface area contributed by atoms with Gasteiger partial charge in [0.1, 0.15) is 17.3 Å². The maximum atomic E-state index is 14.4. The van der Waals surface area contributed by atoms with E-state index in [0.29, 0.717) is 24.8 Å². The zero-order chi connectivity index (χ0) is 23.0. The number of esters is 1. The highest BCUT2D eigenvalue weighted by Gasteiger charge is 2.45. The first-order valence-corrected chi connectivity index (χ1v) is 12.5. The lowest BCUT2D eigenvalue weighted by Crippen LogP contribution is -2.46. The number of alkyl halides is 2. The van der Waals surface area contributed by atoms with Gasteiger partial charge in [-0.15, -0.1) is 11.3 Å². The molecule has 2 aromatic heterocycles. The second-order valence-electron chi connectivity index (χ2n) is 9.13. The summed E-state index contributed by atoms with van der Waals surface area (Å²) in [5.41, 5.74) is 0.830. The topological polar surface area (TPSA) is 73.8 Å². The Morgan fingerprint density at radius 1 is 1.21 bits per heavy atom. The number of methoxy groups -OCH3 is 1. The Hall–Kier alpha value is -1.91. The molecule has 5 rings (SSSR count). The van der Waals surface area contributed by atoms with Crippen LogP contribution in [0, 0.1) is 0 Å². The van der Waals surface area contributed by atoms with Crippen LogP contribution in [0.4, 0.5) is 8.78 Å². The van der Waals surface area contributed by atoms with Crippen LogP contribution in [-0.4, -0.2) is 72.3 Å². The van der Waals surface area contributed by atoms with E-state index in [1.165, 1.54) is 17.7 Å². The minimum Gasteiger partial charge on any atom is -0.474 e. The number of aryl methyl sites for hydroxylation is 1. The lowest BCUT2D eigenvalue weighted by molar-refractivity contribution is -0.170. The number of carbonyl (C=O) groups excluding carboxylic acids is 1. The molecule has 1 saturated carbocycles. The van der Waals surface area contributed by atoms with Crippen molar-refractivity contribution in [2.75, 3.05) is 33.4 Å². The fourth-order valence-corrected chi connectivity index (χ4v) is 6.74. The highest BCUT2D eigenvalue weighted by atomic mass is 32.1. The van der Waals surface area contributed by atoms with Gasteiger partial charge in [0.2, 0.25) is 5.88 Å². The highest BCUT2D eigenvalue weighted by Crippen LogP contribution is 2.49. The van der Waals surface area contributed by atoms with E-state index >= 15 is 0 Å². The van der Waals surface area contributed by atoms with Crippen LogP contribution >= 0.6 is 11.3 Å². The average molecular weight is 482 g/mol. The Labute approximate surface area is 195 Å². The number of halogens is 2. The van der Waals surface area contributed by atoms with Gasteiger partial charge < -0.3 is 14.2 Å². The number of ether oxygens (including phenoxy) is 3. The molecule has 7 nitrogen and oxygen atoms in total. The lowest BCUT2D eigenvalue weighted by atomic mass is 9.91. The van der Waals surface area contributed by atoms with Gasteiger partial charge in [0, 0.05) is 30.4 Å². The average Bonchev–Trinajstić information content (AvgIpc) is 3.39. The van der Waals surface area contributed by atoms with E-state index in [1.54, 1.807) is 0 Å². The molecule has 1 saturated heterocycles. The van der Waals surface area contributed by atoms with Crippen molar-refractivity contribution in [1.82, 2.24) is 14.9 Å². The van der Waals surface area contributed by atoms with E-state index in [1.807, 2.05) is 0 Å². The summed E-state index contributed by atoms with van der Waals surface area (Å²) in [6.45, 7) is 3.58. The van der Waals surface area contributed by atoms with Gasteiger partial charge in [-0.3, -0.25) is 4.90 Å². The maximum absolute atomic E-state index is 14.4. The second-order valence-corrected chi connectivity index (χ2v) is 10.2. The Kier molecular flexibility index (Phi) is 6.50. The Balaban J connectivity index is 1.32. The molecule has 10 heteroatoms. The van der Waals surface area contributed by atoms with E-state index in [9.17, 15) is 13.6 Å². The van der Waals surface area contributed by atoms with Crippen molar-refractivity contribution in [3.05, 3.63) is 16.8 Å². The normalized spacial score (nSPS) is 26.3. The van der Waals surface area contributed by atoms with Crippen LogP contribution < -0.4 is 4.74 Å². The molecule has 3 aliphatic rings. The van der Waals surface area contributed by atoms with Crippen molar-refractivity contribution in [2.24, 2.45) is 0 Å². The number of thiophene rings is 1. The third-order valence-electron chi connectivity index (χ3n) is 7.17. The number of fused-ring (bicyclic) bond motifs is 3. The first-order chi connectivity index (χ1) is 16.0. The number of hydrogen-bond donors (Lipinski definition) is 0. The third kappa shape index (κ3) is 4.57. The van der Waals surface area contributed by atoms with Gasteiger partial charge in [-0.05, 0) is 50.0 Å². The number of nitrogens with zero attached hydrogens (tertiary/aromatic N) is 3. The van der Waals surface area contributed by atoms with Crippen LogP contribution in [0.3, 0.4) is 0 Å². The molecule has 2 aromatic rings. The molecule has 0 bridgehead atoms. The van der Waals surface area contributed by atoms with Crippen molar-refractivity contribution < 1.29 is 27.8 Å². The number of carbonyl (C=O) groups is 1. The molecule has 3 heterocycles. The van der Waals surface area contributed by atoms with E-state index in [2.05, 4.69) is 19.6 Å². The Morgan fingerprint density at radius 3 is 2.70 bits per heavy atom. The summed E-state index contributed by atoms with van der Waals surface area (Å²) in [6.07, 6.45) is 6.23. The molecule has 2 fully saturated rings. The van der Waals surface area contributed by atoms with Gasteiger partial charge in [0.05, 0.1) is 25.7 Å². The van der Waals surface area contributed by atoms with E-state index in [4.69, 9.17) is 9.47 Å². The van der Waals surface area contributed by atoms with Gasteiger partial charge in [-0.25, -0.2) is 14.8 Å². The fourth-order valence-electron chi connectivity index (χ4n) is 5.50. The van der Waals surface area contributed by atoms with Gasteiger partial charge in [0.25, 0.3) is 0 Å². The SMILES string of the molecule is COC(=O)C(F)(F)C[C@H]1CCc2sc3ncnc(O[C@H]4CC[C@H](N5CCOCC5)CC4)c3c21. The van der Waals surface area contributed by atoms with E-state index < -0.39 is 24.2 Å². The lowest BCUT2D eigenvalue weighted by Gasteiger charge is -2.38. The summed E-state index contributed by atoms with van der Waals surface area (Å²) in [6, 6.07) is 0.564. The molecule has 0 unspecified atom stereocenters. The molecular formula is C23H29F2N3O4S. The van der Waals surface area contributed by atoms with Crippen LogP contribution in [0.15, 0.2) is 6.33 Å². The number of aromatic nitrogens is 2. The van der Waals surface area contributed by atoms with Gasteiger partial charge in [-0.1, -0.05) is 0 Å². The number of rotatable bonds is 6. The van der Waals surface area contributed by atoms with Crippen molar-refractivity contribution >= 4 is 27.5 Å². The minimum atomic E-state index is -3.52. The van der Waals surface area contributed by atoms with E-state index in [-0.39, 0.29) is 6.10 Å². The summed E-state index contributed by atoms with van der Waals surface area (Å²) in [5, 5.41) is 0.746. The quantitative estimate of drug-likeness (QED) is 0.579. The van der Waals surface area contributed by atoms with E-state index in [0.717, 1.165) is 79.8 Å². The zero-order valence-corrected chi connectivity index (χ0v) is 19.5. The standard InChI is InChI=1S/C23H29F2N3O4S/c1-30-22(29)23(24,25)12-14-2-7-17-18(14)19-20(26-13-27-21(19)33-17)32-16-5-3-15(4-6-16)28-8-10-31-11-9-28/h13-16H,2-12H2,1H3/t14-,15-,16-/m1/s1. The third-order valence-corrected chi connectivity index (χ3v) is 8.34. The summed E-state index contributed by atoms with van der Waals surface area (Å²) >= 11 is 1.51. The van der Waals surface area contributed by atoms with Crippen molar-refractivity contribution in [2.45, 2.75) is 68.9 Å². The molecule has 1 atom stereocenters. The minimum absolute atomic E-state index is 0.0484. The summed E-state index contributed by atoms with van der Waals surface area (Å²) in [5.74, 6) is -4.97. The predicted molar refractivity (Wildman–Crippen MR) is 119 cm³/mol. The second kappa shape index (κ2) is 9.38. The molecule has 0 spiro atoms. The fraction of sp³-hybridized carbons (Fsp3) is 0.696. The Bertz CT molecular complexity index is 1000. The summed E-state index contributed by atoms with van der Waals surface area (Å²) < 4.78 is 44.9. The van der Waals surface area contributed by atoms with Gasteiger partial charge >= 0.3 is 11.9 Å². The van der Waals surface area contributed by atoms with Crippen molar-refractivity contribution in [3.63, 3.8) is 0 Å². The zero-order valence-electron chi connectivity index (χ0n) is 18.7. The molecule has 0 aromatic carbocycles. The van der Waals surface area contributed by atoms with Gasteiger partial charge in [0.15, 0.2) is 0 Å². The molecule has 1 aliphatic heterocycles.